The van der Waals surface area contributed by atoms with E-state index in [0.29, 0.717) is 43.1 Å². The molecule has 0 bridgehead atoms. The number of carbonyl (C=O) groups is 4. The number of rotatable bonds is 9. The fourth-order valence-electron chi connectivity index (χ4n) is 8.36. The number of nitrogens with zero attached hydrogens (tertiary/aromatic N) is 4. The van der Waals surface area contributed by atoms with Gasteiger partial charge >= 0.3 is 6.09 Å². The van der Waals surface area contributed by atoms with E-state index >= 15 is 0 Å². The van der Waals surface area contributed by atoms with Crippen LogP contribution < -0.4 is 29.7 Å². The Morgan fingerprint density at radius 2 is 1.72 bits per heavy atom. The van der Waals surface area contributed by atoms with Crippen molar-refractivity contribution in [2.45, 2.75) is 107 Å². The van der Waals surface area contributed by atoms with E-state index in [1.807, 2.05) is 79.5 Å². The van der Waals surface area contributed by atoms with Crippen molar-refractivity contribution >= 4 is 50.3 Å². The van der Waals surface area contributed by atoms with E-state index in [1.54, 1.807) is 27.9 Å². The minimum atomic E-state index is -3.90. The average molecular weight is 862 g/mol. The number of hydrogen-bond acceptors (Lipinski definition) is 12. The number of sulfonamides is 1. The van der Waals surface area contributed by atoms with Gasteiger partial charge in [0.1, 0.15) is 35.1 Å². The maximum absolute atomic E-state index is 14.8. The molecule has 2 saturated heterocycles. The van der Waals surface area contributed by atoms with Crippen LogP contribution in [-0.4, -0.2) is 129 Å². The summed E-state index contributed by atoms with van der Waals surface area (Å²) in [6.45, 7) is 5.92. The number of methoxy groups -OCH3 is 1. The molecule has 0 spiro atoms. The van der Waals surface area contributed by atoms with Crippen molar-refractivity contribution < 1.29 is 41.8 Å². The second-order valence-corrected chi connectivity index (χ2v) is 20.1. The van der Waals surface area contributed by atoms with E-state index in [2.05, 4.69) is 15.4 Å². The molecule has 4 aliphatic rings. The Labute approximate surface area is 358 Å². The Morgan fingerprint density at radius 1 is 0.984 bits per heavy atom. The largest absolute Gasteiger partial charge is 0.497 e. The van der Waals surface area contributed by atoms with Crippen LogP contribution in [0.1, 0.15) is 72.1 Å². The molecule has 16 nitrogen and oxygen atoms in total. The molecule has 2 saturated carbocycles. The van der Waals surface area contributed by atoms with E-state index in [9.17, 15) is 27.6 Å². The molecule has 2 aliphatic heterocycles. The van der Waals surface area contributed by atoms with Crippen molar-refractivity contribution in [3.63, 3.8) is 0 Å². The van der Waals surface area contributed by atoms with Crippen molar-refractivity contribution in [3.8, 4) is 22.9 Å². The third kappa shape index (κ3) is 10.1. The summed E-state index contributed by atoms with van der Waals surface area (Å²) in [5.41, 5.74) is 0.144. The molecule has 3 heterocycles. The van der Waals surface area contributed by atoms with Gasteiger partial charge in [-0.05, 0) is 126 Å². The van der Waals surface area contributed by atoms with Crippen LogP contribution in [0.15, 0.2) is 48.5 Å². The zero-order valence-electron chi connectivity index (χ0n) is 36.2. The zero-order chi connectivity index (χ0) is 43.9. The summed E-state index contributed by atoms with van der Waals surface area (Å²) >= 11 is 0. The molecule has 0 radical (unpaired) electrons. The summed E-state index contributed by atoms with van der Waals surface area (Å²) in [6, 6.07) is 13.2. The number of ether oxygens (including phenoxy) is 3. The Balaban J connectivity index is 1.24. The Kier molecular flexibility index (Phi) is 12.5. The summed E-state index contributed by atoms with van der Waals surface area (Å²) in [5, 5.41) is 6.69. The number of likely N-dealkylation sites (N-methyl/N-ethyl adjacent to an activating group) is 1. The van der Waals surface area contributed by atoms with E-state index in [1.165, 1.54) is 4.90 Å². The van der Waals surface area contributed by atoms with Crippen LogP contribution in [0, 0.1) is 5.92 Å². The van der Waals surface area contributed by atoms with Gasteiger partial charge in [0.2, 0.25) is 27.7 Å². The number of anilines is 1. The fourth-order valence-corrected chi connectivity index (χ4v) is 9.73. The van der Waals surface area contributed by atoms with Crippen molar-refractivity contribution in [2.24, 2.45) is 5.92 Å². The van der Waals surface area contributed by atoms with Gasteiger partial charge in [-0.1, -0.05) is 12.8 Å². The molecule has 61 heavy (non-hydrogen) atoms. The lowest BCUT2D eigenvalue weighted by Gasteiger charge is -2.32. The molecule has 1 aromatic heterocycles. The smallest absolute Gasteiger partial charge is 0.408 e. The van der Waals surface area contributed by atoms with Gasteiger partial charge in [-0.2, -0.15) is 0 Å². The second kappa shape index (κ2) is 17.3. The number of fused-ring (bicyclic) bond motifs is 3. The number of hydrogen-bond donors (Lipinski definition) is 3. The quantitative estimate of drug-likeness (QED) is 0.279. The van der Waals surface area contributed by atoms with Crippen LogP contribution in [0.4, 0.5) is 10.5 Å². The number of carbonyl (C=O) groups excluding carboxylic acids is 4. The topological polar surface area (TPSA) is 189 Å². The van der Waals surface area contributed by atoms with Crippen molar-refractivity contribution in [2.75, 3.05) is 52.8 Å². The lowest BCUT2D eigenvalue weighted by Crippen LogP contribution is -2.59. The molecule has 2 aromatic carbocycles. The molecule has 5 atom stereocenters. The molecule has 2 aliphatic carbocycles. The van der Waals surface area contributed by atoms with Gasteiger partial charge in [0, 0.05) is 43.7 Å². The number of amides is 4. The van der Waals surface area contributed by atoms with Gasteiger partial charge in [0.25, 0.3) is 5.91 Å². The van der Waals surface area contributed by atoms with Gasteiger partial charge in [0.15, 0.2) is 0 Å². The lowest BCUT2D eigenvalue weighted by molar-refractivity contribution is -0.141. The maximum Gasteiger partial charge on any atom is 0.408 e. The summed E-state index contributed by atoms with van der Waals surface area (Å²) in [4.78, 5) is 67.0. The predicted octanol–water partition coefficient (Wildman–Crippen LogP) is 4.21. The number of nitrogens with one attached hydrogen (secondary N) is 3. The van der Waals surface area contributed by atoms with E-state index in [4.69, 9.17) is 19.2 Å². The van der Waals surface area contributed by atoms with Crippen LogP contribution in [0.2, 0.25) is 0 Å². The first-order valence-corrected chi connectivity index (χ1v) is 22.7. The minimum Gasteiger partial charge on any atom is -0.497 e. The SMILES string of the molecule is COc1ccc(-c2cc3cc(N(C)C)ccc3c(O[C@@H]3C[C@H]4C(=O)N[C@]5(C(=O)NS(=O)(=O)C6CC6)C[C@H]5CCCCCN(C)C[C@H](NC(=O)OC(C)(C)C)C(=O)N4C3)n2)cc1. The summed E-state index contributed by atoms with van der Waals surface area (Å²) in [6.07, 6.45) is 2.70. The molecule has 4 fully saturated rings. The van der Waals surface area contributed by atoms with E-state index in [-0.39, 0.29) is 31.8 Å². The summed E-state index contributed by atoms with van der Waals surface area (Å²) in [7, 11) is 3.49. The third-order valence-corrected chi connectivity index (χ3v) is 13.8. The van der Waals surface area contributed by atoms with Crippen LogP contribution >= 0.6 is 0 Å². The maximum atomic E-state index is 14.8. The average Bonchev–Trinajstić information content (AvgIpc) is 4.13. The van der Waals surface area contributed by atoms with Gasteiger partial charge < -0.3 is 39.5 Å². The number of pyridine rings is 1. The monoisotopic (exact) mass is 861 g/mol. The molecule has 17 heteroatoms. The van der Waals surface area contributed by atoms with Crippen LogP contribution in [0.3, 0.4) is 0 Å². The highest BCUT2D eigenvalue weighted by molar-refractivity contribution is 7.91. The van der Waals surface area contributed by atoms with Crippen LogP contribution in [0.25, 0.3) is 22.0 Å². The summed E-state index contributed by atoms with van der Waals surface area (Å²) in [5.74, 6) is -1.17. The predicted molar refractivity (Wildman–Crippen MR) is 231 cm³/mol. The lowest BCUT2D eigenvalue weighted by atomic mass is 10.1. The molecule has 0 unspecified atom stereocenters. The molecule has 7 rings (SSSR count). The van der Waals surface area contributed by atoms with E-state index in [0.717, 1.165) is 41.3 Å². The normalized spacial score (nSPS) is 25.3. The molecule has 330 valence electrons. The van der Waals surface area contributed by atoms with Crippen molar-refractivity contribution in [1.82, 2.24) is 30.1 Å². The first-order valence-electron chi connectivity index (χ1n) is 21.2. The third-order valence-electron chi connectivity index (χ3n) is 11.9. The van der Waals surface area contributed by atoms with Crippen molar-refractivity contribution in [1.29, 1.82) is 0 Å². The molecule has 3 aromatic rings. The highest BCUT2D eigenvalue weighted by atomic mass is 32.2. The zero-order valence-corrected chi connectivity index (χ0v) is 37.0. The van der Waals surface area contributed by atoms with Gasteiger partial charge in [-0.15, -0.1) is 0 Å². The van der Waals surface area contributed by atoms with Crippen LogP contribution in [-0.2, 0) is 29.1 Å². The summed E-state index contributed by atoms with van der Waals surface area (Å²) < 4.78 is 45.9. The molecular formula is C44H59N7O9S. The second-order valence-electron chi connectivity index (χ2n) is 18.2. The molecule has 4 amide bonds. The van der Waals surface area contributed by atoms with Crippen molar-refractivity contribution in [3.05, 3.63) is 48.5 Å². The highest BCUT2D eigenvalue weighted by Gasteiger charge is 2.62. The van der Waals surface area contributed by atoms with Gasteiger partial charge in [0.05, 0.1) is 24.6 Å². The van der Waals surface area contributed by atoms with Gasteiger partial charge in [-0.3, -0.25) is 19.1 Å². The fraction of sp³-hybridized carbons (Fsp3) is 0.568. The highest BCUT2D eigenvalue weighted by Crippen LogP contribution is 2.48. The van der Waals surface area contributed by atoms with Crippen LogP contribution in [0.5, 0.6) is 11.6 Å². The van der Waals surface area contributed by atoms with Gasteiger partial charge in [-0.25, -0.2) is 18.2 Å². The minimum absolute atomic E-state index is 0.0288. The molecule has 3 N–H and O–H groups in total. The number of aromatic nitrogens is 1. The first kappa shape index (κ1) is 43.9. The molecular weight excluding hydrogens is 803 g/mol. The number of alkyl carbamates (subject to hydrolysis) is 1. The van der Waals surface area contributed by atoms with E-state index < -0.39 is 68.4 Å². The Hall–Kier alpha value is -5.16. The number of benzene rings is 2. The Morgan fingerprint density at radius 3 is 2.39 bits per heavy atom. The standard InChI is InChI=1S/C44H59N7O9S/c1-43(2,3)60-42(55)46-36-26-50(6)20-10-8-9-11-29-24-44(29,41(54)48-61(56,57)33-17-18-33)47-38(52)37-23-32(25-51(37)40(36)53)59-39-34-19-14-30(49(4)5)21-28(34)22-35(45-39)27-12-15-31(58-7)16-13-27/h12-16,19,21-22,29,32-33,36-37H,8-11,17-18,20,23-26H2,1-7H3,(H,46,55)(H,47,52)(H,48,54)/t29-,32-,36+,37+,44-/m1/s1. The first-order chi connectivity index (χ1) is 28.9. The Bertz CT molecular complexity index is 2260.